The number of halogens is 1. The molecule has 0 amide bonds. The van der Waals surface area contributed by atoms with E-state index in [0.717, 1.165) is 0 Å². The summed E-state index contributed by atoms with van der Waals surface area (Å²) in [5, 5.41) is 0. The summed E-state index contributed by atoms with van der Waals surface area (Å²) < 4.78 is 0. The molecule has 0 aromatic rings. The minimum atomic E-state index is -0.234. The predicted molar refractivity (Wildman–Crippen MR) is 59.7 cm³/mol. The molecule has 0 aliphatic rings. The van der Waals surface area contributed by atoms with E-state index in [4.69, 9.17) is 0 Å². The molecule has 0 nitrogen and oxygen atoms in total. The average Bonchev–Trinajstić information content (AvgIpc) is 1.90. The molecule has 0 aromatic carbocycles. The Labute approximate surface area is 79.8 Å². The van der Waals surface area contributed by atoms with Gasteiger partial charge in [-0.05, 0) is 0 Å². The fourth-order valence-corrected chi connectivity index (χ4v) is 4.97. The average molecular weight is 195 g/mol. The summed E-state index contributed by atoms with van der Waals surface area (Å²) in [7, 11) is -0.234. The largest absolute Gasteiger partial charge is 0.147 e. The monoisotopic (exact) mass is 194 g/mol. The Morgan fingerprint density at radius 1 is 0.727 bits per heavy atom. The first-order valence-electron chi connectivity index (χ1n) is 4.85. The van der Waals surface area contributed by atoms with Crippen molar-refractivity contribution < 1.29 is 0 Å². The van der Waals surface area contributed by atoms with E-state index >= 15 is 0 Å². The van der Waals surface area contributed by atoms with Gasteiger partial charge in [0, 0.05) is 8.80 Å². The molecule has 0 aliphatic carbocycles. The molecule has 70 valence electrons. The molecule has 0 aliphatic heterocycles. The third-order valence-corrected chi connectivity index (χ3v) is 6.27. The Balaban J connectivity index is 0. The molecule has 0 unspecified atom stereocenters. The second-order valence-corrected chi connectivity index (χ2v) is 6.70. The van der Waals surface area contributed by atoms with E-state index in [9.17, 15) is 0 Å². The highest BCUT2D eigenvalue weighted by atomic mass is 35.5. The number of hydrogen-bond donors (Lipinski definition) is 0. The maximum absolute atomic E-state index is 2.32. The van der Waals surface area contributed by atoms with Gasteiger partial charge < -0.3 is 0 Å². The quantitative estimate of drug-likeness (QED) is 0.564. The zero-order valence-electron chi connectivity index (χ0n) is 8.23. The van der Waals surface area contributed by atoms with Crippen LogP contribution in [0.4, 0.5) is 0 Å². The van der Waals surface area contributed by atoms with E-state index in [1.165, 1.54) is 19.3 Å². The molecule has 0 atom stereocenters. The summed E-state index contributed by atoms with van der Waals surface area (Å²) in [6.07, 6.45) is 4.28. The SMILES string of the molecule is CCC[SiH](CCC)CCC.Cl. The van der Waals surface area contributed by atoms with Crippen molar-refractivity contribution in [1.29, 1.82) is 0 Å². The summed E-state index contributed by atoms with van der Waals surface area (Å²) >= 11 is 0. The number of hydrogen-bond acceptors (Lipinski definition) is 0. The van der Waals surface area contributed by atoms with Gasteiger partial charge in [-0.15, -0.1) is 12.4 Å². The summed E-state index contributed by atoms with van der Waals surface area (Å²) in [5.74, 6) is 0. The highest BCUT2D eigenvalue weighted by Gasteiger charge is 2.05. The molecule has 0 heterocycles. The first kappa shape index (κ1) is 14.1. The van der Waals surface area contributed by atoms with Crippen molar-refractivity contribution in [2.24, 2.45) is 0 Å². The van der Waals surface area contributed by atoms with Gasteiger partial charge in [-0.2, -0.15) is 0 Å². The maximum Gasteiger partial charge on any atom is 0.0367 e. The van der Waals surface area contributed by atoms with Crippen LogP contribution in [0, 0.1) is 0 Å². The molecule has 0 spiro atoms. The minimum Gasteiger partial charge on any atom is -0.147 e. The maximum atomic E-state index is 2.32. The standard InChI is InChI=1S/C9H22Si.ClH/c1-4-7-10(8-5-2)9-6-3;/h10H,4-9H2,1-3H3;1H. The van der Waals surface area contributed by atoms with Gasteiger partial charge in [0.25, 0.3) is 0 Å². The predicted octanol–water partition coefficient (Wildman–Crippen LogP) is 3.87. The molecule has 0 radical (unpaired) electrons. The van der Waals surface area contributed by atoms with Gasteiger partial charge in [-0.3, -0.25) is 0 Å². The zero-order valence-corrected chi connectivity index (χ0v) is 10.2. The van der Waals surface area contributed by atoms with E-state index in [-0.39, 0.29) is 21.2 Å². The lowest BCUT2D eigenvalue weighted by atomic mass is 10.6. The van der Waals surface area contributed by atoms with Crippen LogP contribution in [-0.2, 0) is 0 Å². The fraction of sp³-hybridized carbons (Fsp3) is 1.00. The van der Waals surface area contributed by atoms with Gasteiger partial charge in [0.05, 0.1) is 0 Å². The third kappa shape index (κ3) is 8.41. The molecular formula is C9H23ClSi. The second-order valence-electron chi connectivity index (χ2n) is 3.23. The van der Waals surface area contributed by atoms with Gasteiger partial charge in [0.1, 0.15) is 0 Å². The van der Waals surface area contributed by atoms with Crippen LogP contribution in [0.3, 0.4) is 0 Å². The van der Waals surface area contributed by atoms with Gasteiger partial charge in [-0.25, -0.2) is 0 Å². The van der Waals surface area contributed by atoms with Crippen molar-refractivity contribution in [2.45, 2.75) is 58.2 Å². The van der Waals surface area contributed by atoms with Gasteiger partial charge in [0.2, 0.25) is 0 Å². The first-order valence-corrected chi connectivity index (χ1v) is 7.30. The molecule has 0 aromatic heterocycles. The van der Waals surface area contributed by atoms with Crippen molar-refractivity contribution in [3.05, 3.63) is 0 Å². The van der Waals surface area contributed by atoms with Crippen molar-refractivity contribution >= 4 is 21.2 Å². The van der Waals surface area contributed by atoms with Crippen LogP contribution in [0.5, 0.6) is 0 Å². The van der Waals surface area contributed by atoms with Crippen LogP contribution < -0.4 is 0 Å². The van der Waals surface area contributed by atoms with Crippen LogP contribution in [0.1, 0.15) is 40.0 Å². The van der Waals surface area contributed by atoms with Gasteiger partial charge in [0.15, 0.2) is 0 Å². The highest BCUT2D eigenvalue weighted by Crippen LogP contribution is 2.11. The Bertz CT molecular complexity index is 52.3. The van der Waals surface area contributed by atoms with Crippen molar-refractivity contribution in [3.8, 4) is 0 Å². The molecule has 0 saturated carbocycles. The van der Waals surface area contributed by atoms with E-state index < -0.39 is 0 Å². The molecule has 11 heavy (non-hydrogen) atoms. The molecule has 2 heteroatoms. The molecular weight excluding hydrogens is 172 g/mol. The van der Waals surface area contributed by atoms with E-state index in [2.05, 4.69) is 20.8 Å². The normalized spacial score (nSPS) is 9.82. The van der Waals surface area contributed by atoms with Crippen molar-refractivity contribution in [1.82, 2.24) is 0 Å². The third-order valence-electron chi connectivity index (χ3n) is 2.09. The van der Waals surface area contributed by atoms with Crippen LogP contribution in [0.25, 0.3) is 0 Å². The van der Waals surface area contributed by atoms with Crippen molar-refractivity contribution in [2.75, 3.05) is 0 Å². The minimum absolute atomic E-state index is 0. The first-order chi connectivity index (χ1) is 4.85. The van der Waals surface area contributed by atoms with Crippen LogP contribution >= 0.6 is 12.4 Å². The second kappa shape index (κ2) is 10.5. The van der Waals surface area contributed by atoms with E-state index in [1.807, 2.05) is 0 Å². The number of rotatable bonds is 6. The Hall–Kier alpha value is 0.507. The van der Waals surface area contributed by atoms with E-state index in [1.54, 1.807) is 18.1 Å². The van der Waals surface area contributed by atoms with Crippen molar-refractivity contribution in [3.63, 3.8) is 0 Å². The summed E-state index contributed by atoms with van der Waals surface area (Å²) in [6.45, 7) is 6.97. The summed E-state index contributed by atoms with van der Waals surface area (Å²) in [5.41, 5.74) is 0. The molecule has 0 rings (SSSR count). The Morgan fingerprint density at radius 2 is 1.00 bits per heavy atom. The van der Waals surface area contributed by atoms with Gasteiger partial charge in [-0.1, -0.05) is 58.2 Å². The van der Waals surface area contributed by atoms with Crippen LogP contribution in [-0.4, -0.2) is 8.80 Å². The highest BCUT2D eigenvalue weighted by molar-refractivity contribution is 6.58. The zero-order chi connectivity index (χ0) is 7.82. The summed E-state index contributed by atoms with van der Waals surface area (Å²) in [4.78, 5) is 0. The van der Waals surface area contributed by atoms with E-state index in [0.29, 0.717) is 0 Å². The fourth-order valence-electron chi connectivity index (χ4n) is 1.66. The van der Waals surface area contributed by atoms with Crippen LogP contribution in [0.15, 0.2) is 0 Å². The summed E-state index contributed by atoms with van der Waals surface area (Å²) in [6, 6.07) is 4.76. The lowest BCUT2D eigenvalue weighted by Gasteiger charge is -2.10. The lowest BCUT2D eigenvalue weighted by molar-refractivity contribution is 0.957. The van der Waals surface area contributed by atoms with Gasteiger partial charge >= 0.3 is 0 Å². The molecule has 0 fully saturated rings. The topological polar surface area (TPSA) is 0 Å². The Morgan fingerprint density at radius 3 is 1.18 bits per heavy atom. The molecule has 0 saturated heterocycles. The lowest BCUT2D eigenvalue weighted by Crippen LogP contribution is -2.09. The Kier molecular flexibility index (Phi) is 13.4. The van der Waals surface area contributed by atoms with Crippen LogP contribution in [0.2, 0.25) is 18.1 Å². The molecule has 0 bridgehead atoms. The molecule has 0 N–H and O–H groups in total. The smallest absolute Gasteiger partial charge is 0.0367 e.